The van der Waals surface area contributed by atoms with E-state index in [0.717, 1.165) is 12.1 Å². The van der Waals surface area contributed by atoms with Crippen molar-refractivity contribution in [3.05, 3.63) is 53.1 Å². The summed E-state index contributed by atoms with van der Waals surface area (Å²) in [5.41, 5.74) is -0.747. The summed E-state index contributed by atoms with van der Waals surface area (Å²) in [6.45, 7) is -0.704. The Balaban J connectivity index is 1.58. The van der Waals surface area contributed by atoms with E-state index in [1.54, 1.807) is 24.3 Å². The van der Waals surface area contributed by atoms with Crippen LogP contribution >= 0.6 is 11.6 Å². The van der Waals surface area contributed by atoms with Gasteiger partial charge in [-0.1, -0.05) is 23.7 Å². The Morgan fingerprint density at radius 3 is 2.62 bits per heavy atom. The van der Waals surface area contributed by atoms with E-state index in [0.29, 0.717) is 17.5 Å². The van der Waals surface area contributed by atoms with Crippen LogP contribution in [0.3, 0.4) is 0 Å². The van der Waals surface area contributed by atoms with Crippen molar-refractivity contribution in [2.24, 2.45) is 5.92 Å². The van der Waals surface area contributed by atoms with Crippen LogP contribution in [0.2, 0.25) is 5.02 Å². The molecule has 0 aromatic heterocycles. The van der Waals surface area contributed by atoms with Gasteiger partial charge in [0.2, 0.25) is 5.91 Å². The molecule has 7 nitrogen and oxygen atoms in total. The molecule has 170 valence electrons. The van der Waals surface area contributed by atoms with Gasteiger partial charge in [-0.3, -0.25) is 14.4 Å². The smallest absolute Gasteiger partial charge is 0.416 e. The molecule has 2 amide bonds. The highest BCUT2D eigenvalue weighted by atomic mass is 35.5. The molecule has 1 saturated heterocycles. The number of hydrogen-bond donors (Lipinski definition) is 1. The average Bonchev–Trinajstić information content (AvgIpc) is 3.14. The fourth-order valence-corrected chi connectivity index (χ4v) is 3.35. The number of carbonyl (C=O) groups excluding carboxylic acids is 3. The molecule has 0 aliphatic carbocycles. The highest BCUT2D eigenvalue weighted by molar-refractivity contribution is 6.33. The van der Waals surface area contributed by atoms with E-state index in [2.05, 4.69) is 5.32 Å². The Kier molecular flexibility index (Phi) is 6.93. The molecule has 0 radical (unpaired) electrons. The molecule has 2 aromatic carbocycles. The molecule has 0 bridgehead atoms. The number of anilines is 2. The summed E-state index contributed by atoms with van der Waals surface area (Å²) in [7, 11) is 1.46. The van der Waals surface area contributed by atoms with Crippen LogP contribution in [-0.4, -0.2) is 38.0 Å². The number of alkyl halides is 3. The summed E-state index contributed by atoms with van der Waals surface area (Å²) in [5.74, 6) is -2.30. The highest BCUT2D eigenvalue weighted by Gasteiger charge is 2.37. The fourth-order valence-electron chi connectivity index (χ4n) is 3.19. The molecule has 0 saturated carbocycles. The number of halogens is 4. The minimum Gasteiger partial charge on any atom is -0.495 e. The van der Waals surface area contributed by atoms with E-state index in [9.17, 15) is 27.6 Å². The average molecular weight is 471 g/mol. The van der Waals surface area contributed by atoms with Crippen LogP contribution < -0.4 is 15.0 Å². The Labute approximate surface area is 186 Å². The molecule has 1 heterocycles. The second kappa shape index (κ2) is 9.47. The monoisotopic (exact) mass is 470 g/mol. The van der Waals surface area contributed by atoms with Gasteiger partial charge in [0.1, 0.15) is 5.75 Å². The van der Waals surface area contributed by atoms with Crippen molar-refractivity contribution in [1.82, 2.24) is 0 Å². The number of nitrogens with one attached hydrogen (secondary N) is 1. The molecule has 0 spiro atoms. The maximum Gasteiger partial charge on any atom is 0.416 e. The number of benzene rings is 2. The number of hydrogen-bond acceptors (Lipinski definition) is 5. The molecule has 1 atom stereocenters. The fraction of sp³-hybridized carbons (Fsp3) is 0.286. The Morgan fingerprint density at radius 1 is 1.22 bits per heavy atom. The van der Waals surface area contributed by atoms with Crippen LogP contribution in [0.5, 0.6) is 5.75 Å². The predicted molar refractivity (Wildman–Crippen MR) is 109 cm³/mol. The maximum absolute atomic E-state index is 12.8. The number of rotatable bonds is 6. The highest BCUT2D eigenvalue weighted by Crippen LogP contribution is 2.34. The quantitative estimate of drug-likeness (QED) is 0.647. The zero-order valence-corrected chi connectivity index (χ0v) is 17.5. The first-order valence-electron chi connectivity index (χ1n) is 9.36. The number of esters is 1. The third kappa shape index (κ3) is 5.31. The van der Waals surface area contributed by atoms with Gasteiger partial charge in [0.05, 0.1) is 35.0 Å². The van der Waals surface area contributed by atoms with Crippen LogP contribution in [0, 0.1) is 5.92 Å². The van der Waals surface area contributed by atoms with Gasteiger partial charge < -0.3 is 19.7 Å². The summed E-state index contributed by atoms with van der Waals surface area (Å²) >= 11 is 5.83. The van der Waals surface area contributed by atoms with Gasteiger partial charge >= 0.3 is 12.1 Å². The predicted octanol–water partition coefficient (Wildman–Crippen LogP) is 3.90. The maximum atomic E-state index is 12.8. The minimum absolute atomic E-state index is 0.0408. The minimum atomic E-state index is -4.61. The van der Waals surface area contributed by atoms with Gasteiger partial charge in [-0.2, -0.15) is 13.2 Å². The zero-order valence-electron chi connectivity index (χ0n) is 16.7. The lowest BCUT2D eigenvalue weighted by Gasteiger charge is -2.19. The molecule has 32 heavy (non-hydrogen) atoms. The van der Waals surface area contributed by atoms with Gasteiger partial charge in [-0.05, 0) is 30.3 Å². The second-order valence-corrected chi connectivity index (χ2v) is 7.33. The van der Waals surface area contributed by atoms with Gasteiger partial charge in [0.25, 0.3) is 5.91 Å². The molecule has 1 N–H and O–H groups in total. The number of carbonyl (C=O) groups is 3. The van der Waals surface area contributed by atoms with E-state index in [1.165, 1.54) is 12.0 Å². The summed E-state index contributed by atoms with van der Waals surface area (Å²) in [6, 6.07) is 9.28. The number of amides is 2. The van der Waals surface area contributed by atoms with Crippen molar-refractivity contribution in [2.75, 3.05) is 30.5 Å². The van der Waals surface area contributed by atoms with Crippen LogP contribution in [0.4, 0.5) is 24.5 Å². The van der Waals surface area contributed by atoms with Crippen molar-refractivity contribution >= 4 is 40.8 Å². The number of methoxy groups -OCH3 is 1. The van der Waals surface area contributed by atoms with E-state index in [-0.39, 0.29) is 29.6 Å². The topological polar surface area (TPSA) is 84.9 Å². The molecule has 0 unspecified atom stereocenters. The van der Waals surface area contributed by atoms with E-state index >= 15 is 0 Å². The largest absolute Gasteiger partial charge is 0.495 e. The lowest BCUT2D eigenvalue weighted by atomic mass is 10.1. The van der Waals surface area contributed by atoms with Crippen molar-refractivity contribution in [2.45, 2.75) is 12.6 Å². The first-order valence-corrected chi connectivity index (χ1v) is 9.74. The van der Waals surface area contributed by atoms with Crippen molar-refractivity contribution in [3.63, 3.8) is 0 Å². The Bertz CT molecular complexity index is 1040. The van der Waals surface area contributed by atoms with E-state index in [4.69, 9.17) is 21.1 Å². The third-order valence-electron chi connectivity index (χ3n) is 4.75. The lowest BCUT2D eigenvalue weighted by molar-refractivity contribution is -0.151. The molecule has 3 rings (SSSR count). The van der Waals surface area contributed by atoms with Crippen molar-refractivity contribution in [3.8, 4) is 5.75 Å². The van der Waals surface area contributed by atoms with Gasteiger partial charge in [0, 0.05) is 13.0 Å². The SMILES string of the molecule is COc1ccccc1N1C[C@@H](C(=O)OCC(=O)Nc2cc(C(F)(F)F)ccc2Cl)CC1=O. The summed E-state index contributed by atoms with van der Waals surface area (Å²) in [6.07, 6.45) is -4.73. The number of nitrogens with zero attached hydrogens (tertiary/aromatic N) is 1. The number of ether oxygens (including phenoxy) is 2. The molecule has 1 fully saturated rings. The first-order chi connectivity index (χ1) is 15.1. The summed E-state index contributed by atoms with van der Waals surface area (Å²) in [5, 5.41) is 2.08. The zero-order chi connectivity index (χ0) is 23.5. The van der Waals surface area contributed by atoms with Crippen molar-refractivity contribution in [1.29, 1.82) is 0 Å². The van der Waals surface area contributed by atoms with Crippen LogP contribution in [0.15, 0.2) is 42.5 Å². The Morgan fingerprint density at radius 2 is 1.94 bits per heavy atom. The third-order valence-corrected chi connectivity index (χ3v) is 5.08. The molecular weight excluding hydrogens is 453 g/mol. The van der Waals surface area contributed by atoms with E-state index in [1.807, 2.05) is 0 Å². The molecule has 2 aromatic rings. The Hall–Kier alpha value is -3.27. The molecule has 1 aliphatic rings. The normalized spacial score (nSPS) is 16.1. The van der Waals surface area contributed by atoms with Gasteiger partial charge in [-0.25, -0.2) is 0 Å². The van der Waals surface area contributed by atoms with Crippen LogP contribution in [-0.2, 0) is 25.3 Å². The standard InChI is InChI=1S/C21H18ClF3N2O5/c1-31-17-5-3-2-4-16(17)27-10-12(8-19(27)29)20(30)32-11-18(28)26-15-9-13(21(23,24)25)6-7-14(15)22/h2-7,9,12H,8,10-11H2,1H3,(H,26,28)/t12-/m0/s1. The van der Waals surface area contributed by atoms with E-state index < -0.39 is 36.1 Å². The summed E-state index contributed by atoms with van der Waals surface area (Å²) in [4.78, 5) is 38.2. The van der Waals surface area contributed by atoms with Crippen LogP contribution in [0.1, 0.15) is 12.0 Å². The van der Waals surface area contributed by atoms with Crippen molar-refractivity contribution < 1.29 is 37.0 Å². The second-order valence-electron chi connectivity index (χ2n) is 6.93. The van der Waals surface area contributed by atoms with Gasteiger partial charge in [-0.15, -0.1) is 0 Å². The molecular formula is C21H18ClF3N2O5. The molecule has 1 aliphatic heterocycles. The lowest BCUT2D eigenvalue weighted by Crippen LogP contribution is -2.28. The van der Waals surface area contributed by atoms with Crippen LogP contribution in [0.25, 0.3) is 0 Å². The van der Waals surface area contributed by atoms with Gasteiger partial charge in [0.15, 0.2) is 6.61 Å². The first kappa shape index (κ1) is 23.4. The molecule has 11 heteroatoms. The summed E-state index contributed by atoms with van der Waals surface area (Å²) < 4.78 is 48.7. The number of para-hydroxylation sites is 2.